The molecular weight excluding hydrogens is 260 g/mol. The lowest BCUT2D eigenvalue weighted by atomic mass is 10.2. The third-order valence-corrected chi connectivity index (χ3v) is 3.74. The molecule has 0 fully saturated rings. The van der Waals surface area contributed by atoms with Crippen LogP contribution in [0.5, 0.6) is 0 Å². The van der Waals surface area contributed by atoms with Gasteiger partial charge in [-0.1, -0.05) is 19.1 Å². The fourth-order valence-electron chi connectivity index (χ4n) is 1.33. The topological polar surface area (TPSA) is 58.2 Å². The van der Waals surface area contributed by atoms with Crippen molar-refractivity contribution in [3.8, 4) is 0 Å². The first kappa shape index (κ1) is 16.4. The molecule has 0 aliphatic carbocycles. The molecule has 1 aromatic rings. The van der Waals surface area contributed by atoms with Gasteiger partial charge in [0.1, 0.15) is 0 Å². The van der Waals surface area contributed by atoms with E-state index in [2.05, 4.69) is 10.0 Å². The molecule has 0 spiro atoms. The normalized spacial score (nSPS) is 10.9. The highest BCUT2D eigenvalue weighted by molar-refractivity contribution is 7.89. The maximum Gasteiger partial charge on any atom is 0.240 e. The Morgan fingerprint density at radius 2 is 1.94 bits per heavy atom. The molecule has 1 aromatic carbocycles. The molecule has 0 amide bonds. The predicted molar refractivity (Wildman–Crippen MR) is 72.2 cm³/mol. The minimum atomic E-state index is -3.36. The summed E-state index contributed by atoms with van der Waals surface area (Å²) in [6, 6.07) is 7.01. The summed E-state index contributed by atoms with van der Waals surface area (Å²) in [5.41, 5.74) is 1.02. The number of sulfonamides is 1. The molecule has 0 saturated carbocycles. The van der Waals surface area contributed by atoms with Crippen LogP contribution in [0.3, 0.4) is 0 Å². The summed E-state index contributed by atoms with van der Waals surface area (Å²) in [6.07, 6.45) is 0.833. The minimum Gasteiger partial charge on any atom is -0.318 e. The van der Waals surface area contributed by atoms with E-state index in [4.69, 9.17) is 0 Å². The van der Waals surface area contributed by atoms with Gasteiger partial charge in [0.15, 0.2) is 0 Å². The SMILES string of the molecule is CCc1cccc(S(=O)(=O)NCCNC)c1.Cl. The number of rotatable bonds is 6. The number of benzene rings is 1. The Balaban J connectivity index is 0.00000256. The van der Waals surface area contributed by atoms with Crippen LogP contribution < -0.4 is 10.0 Å². The van der Waals surface area contributed by atoms with Crippen molar-refractivity contribution in [3.05, 3.63) is 29.8 Å². The van der Waals surface area contributed by atoms with Crippen molar-refractivity contribution in [2.45, 2.75) is 18.2 Å². The highest BCUT2D eigenvalue weighted by Crippen LogP contribution is 2.11. The Bertz CT molecular complexity index is 435. The molecule has 0 aliphatic heterocycles. The van der Waals surface area contributed by atoms with Crippen molar-refractivity contribution in [3.63, 3.8) is 0 Å². The van der Waals surface area contributed by atoms with Gasteiger partial charge < -0.3 is 5.32 Å². The van der Waals surface area contributed by atoms with Crippen LogP contribution in [-0.2, 0) is 16.4 Å². The van der Waals surface area contributed by atoms with Crippen LogP contribution in [0.4, 0.5) is 0 Å². The maximum absolute atomic E-state index is 11.8. The van der Waals surface area contributed by atoms with Crippen LogP contribution >= 0.6 is 12.4 Å². The monoisotopic (exact) mass is 278 g/mol. The molecule has 0 atom stereocenters. The Labute approximate surface area is 109 Å². The summed E-state index contributed by atoms with van der Waals surface area (Å²) >= 11 is 0. The van der Waals surface area contributed by atoms with Gasteiger partial charge in [0, 0.05) is 13.1 Å². The lowest BCUT2D eigenvalue weighted by Crippen LogP contribution is -2.30. The van der Waals surface area contributed by atoms with E-state index >= 15 is 0 Å². The van der Waals surface area contributed by atoms with Gasteiger partial charge in [-0.2, -0.15) is 0 Å². The number of likely N-dealkylation sites (N-methyl/N-ethyl adjacent to an activating group) is 1. The second kappa shape index (κ2) is 7.66. The van der Waals surface area contributed by atoms with Crippen LogP contribution in [-0.4, -0.2) is 28.6 Å². The average molecular weight is 279 g/mol. The zero-order valence-electron chi connectivity index (χ0n) is 10.1. The van der Waals surface area contributed by atoms with Crippen LogP contribution in [0, 0.1) is 0 Å². The van der Waals surface area contributed by atoms with Crippen molar-refractivity contribution in [1.29, 1.82) is 0 Å². The number of hydrogen-bond donors (Lipinski definition) is 2. The number of aryl methyl sites for hydroxylation is 1. The van der Waals surface area contributed by atoms with Crippen molar-refractivity contribution in [2.24, 2.45) is 0 Å². The molecule has 0 aliphatic rings. The third-order valence-electron chi connectivity index (χ3n) is 2.28. The molecule has 0 heterocycles. The summed E-state index contributed by atoms with van der Waals surface area (Å²) in [5.74, 6) is 0. The Morgan fingerprint density at radius 1 is 1.24 bits per heavy atom. The number of halogens is 1. The fourth-order valence-corrected chi connectivity index (χ4v) is 2.43. The summed E-state index contributed by atoms with van der Waals surface area (Å²) in [5, 5.41) is 2.89. The second-order valence-corrected chi connectivity index (χ2v) is 5.27. The van der Waals surface area contributed by atoms with E-state index in [1.807, 2.05) is 13.0 Å². The molecular formula is C11H19ClN2O2S. The molecule has 0 radical (unpaired) electrons. The summed E-state index contributed by atoms with van der Waals surface area (Å²) < 4.78 is 26.2. The highest BCUT2D eigenvalue weighted by atomic mass is 35.5. The van der Waals surface area contributed by atoms with E-state index in [9.17, 15) is 8.42 Å². The largest absolute Gasteiger partial charge is 0.318 e. The number of hydrogen-bond acceptors (Lipinski definition) is 3. The van der Waals surface area contributed by atoms with E-state index in [1.54, 1.807) is 25.2 Å². The van der Waals surface area contributed by atoms with Crippen LogP contribution in [0.15, 0.2) is 29.2 Å². The molecule has 0 saturated heterocycles. The molecule has 4 nitrogen and oxygen atoms in total. The first-order valence-electron chi connectivity index (χ1n) is 5.33. The van der Waals surface area contributed by atoms with Crippen molar-refractivity contribution >= 4 is 22.4 Å². The second-order valence-electron chi connectivity index (χ2n) is 3.50. The lowest BCUT2D eigenvalue weighted by molar-refractivity contribution is 0.579. The molecule has 98 valence electrons. The molecule has 1 rings (SSSR count). The Morgan fingerprint density at radius 3 is 2.53 bits per heavy atom. The molecule has 6 heteroatoms. The maximum atomic E-state index is 11.8. The molecule has 0 unspecified atom stereocenters. The van der Waals surface area contributed by atoms with Gasteiger partial charge in [0.05, 0.1) is 4.90 Å². The summed E-state index contributed by atoms with van der Waals surface area (Å²) in [4.78, 5) is 0.336. The summed E-state index contributed by atoms with van der Waals surface area (Å²) in [6.45, 7) is 3.02. The van der Waals surface area contributed by atoms with Gasteiger partial charge in [-0.15, -0.1) is 12.4 Å². The van der Waals surface area contributed by atoms with E-state index in [0.717, 1.165) is 12.0 Å². The van der Waals surface area contributed by atoms with E-state index in [-0.39, 0.29) is 12.4 Å². The van der Waals surface area contributed by atoms with E-state index in [1.165, 1.54) is 0 Å². The minimum absolute atomic E-state index is 0. The van der Waals surface area contributed by atoms with Crippen molar-refractivity contribution in [1.82, 2.24) is 10.0 Å². The van der Waals surface area contributed by atoms with E-state index < -0.39 is 10.0 Å². The molecule has 17 heavy (non-hydrogen) atoms. The third kappa shape index (κ3) is 5.04. The average Bonchev–Trinajstić information content (AvgIpc) is 2.29. The molecule has 2 N–H and O–H groups in total. The highest BCUT2D eigenvalue weighted by Gasteiger charge is 2.12. The van der Waals surface area contributed by atoms with Crippen LogP contribution in [0.25, 0.3) is 0 Å². The Kier molecular flexibility index (Phi) is 7.38. The van der Waals surface area contributed by atoms with Gasteiger partial charge >= 0.3 is 0 Å². The summed E-state index contributed by atoms with van der Waals surface area (Å²) in [7, 11) is -1.57. The smallest absolute Gasteiger partial charge is 0.240 e. The zero-order valence-corrected chi connectivity index (χ0v) is 11.7. The van der Waals surface area contributed by atoms with Gasteiger partial charge in [-0.05, 0) is 31.2 Å². The van der Waals surface area contributed by atoms with Crippen molar-refractivity contribution < 1.29 is 8.42 Å². The fraction of sp³-hybridized carbons (Fsp3) is 0.455. The van der Waals surface area contributed by atoms with Crippen LogP contribution in [0.2, 0.25) is 0 Å². The van der Waals surface area contributed by atoms with Gasteiger partial charge in [0.25, 0.3) is 0 Å². The van der Waals surface area contributed by atoms with Gasteiger partial charge in [-0.25, -0.2) is 13.1 Å². The molecule has 0 bridgehead atoms. The van der Waals surface area contributed by atoms with Crippen LogP contribution in [0.1, 0.15) is 12.5 Å². The first-order valence-corrected chi connectivity index (χ1v) is 6.81. The molecule has 0 aromatic heterocycles. The van der Waals surface area contributed by atoms with Gasteiger partial charge in [-0.3, -0.25) is 0 Å². The van der Waals surface area contributed by atoms with Crippen molar-refractivity contribution in [2.75, 3.05) is 20.1 Å². The predicted octanol–water partition coefficient (Wildman–Crippen LogP) is 1.17. The lowest BCUT2D eigenvalue weighted by Gasteiger charge is -2.07. The quantitative estimate of drug-likeness (QED) is 0.768. The standard InChI is InChI=1S/C11H18N2O2S.ClH/c1-3-10-5-4-6-11(9-10)16(14,15)13-8-7-12-2;/h4-6,9,12-13H,3,7-8H2,1-2H3;1H. The van der Waals surface area contributed by atoms with E-state index in [0.29, 0.717) is 18.0 Å². The first-order chi connectivity index (χ1) is 7.60. The number of nitrogens with one attached hydrogen (secondary N) is 2. The zero-order chi connectivity index (χ0) is 12.0. The van der Waals surface area contributed by atoms with Gasteiger partial charge in [0.2, 0.25) is 10.0 Å². The Hall–Kier alpha value is -0.620.